The molecule has 6 aliphatic rings. The maximum absolute atomic E-state index is 16.3. The number of nitrogens with one attached hydrogen (secondary N) is 8. The van der Waals surface area contributed by atoms with Gasteiger partial charge in [0.05, 0.1) is 49.4 Å². The summed E-state index contributed by atoms with van der Waals surface area (Å²) in [4.78, 5) is 108. The zero-order chi connectivity index (χ0) is 76.7. The number of nitrogens with zero attached hydrogens (tertiary/aromatic N) is 1. The Labute approximate surface area is 624 Å². The number of aliphatic hydroxyl groups excluding tert-OH is 3. The molecule has 0 saturated heterocycles. The molecule has 6 aliphatic heterocycles. The highest BCUT2D eigenvalue weighted by Gasteiger charge is 2.44. The monoisotopic (exact) mass is 1510 g/mol. The van der Waals surface area contributed by atoms with Crippen LogP contribution in [0.1, 0.15) is 152 Å². The second kappa shape index (κ2) is 33.4. The molecule has 9 unspecified atom stereocenters. The van der Waals surface area contributed by atoms with Crippen LogP contribution in [0.4, 0.5) is 0 Å². The summed E-state index contributed by atoms with van der Waals surface area (Å²) in [6, 6.07) is 6.08. The average Bonchev–Trinajstić information content (AvgIpc) is 1.70. The van der Waals surface area contributed by atoms with Gasteiger partial charge in [0.1, 0.15) is 94.7 Å². The summed E-state index contributed by atoms with van der Waals surface area (Å²) in [6.45, 7) is 2.94. The molecule has 107 heavy (non-hydrogen) atoms. The van der Waals surface area contributed by atoms with Crippen molar-refractivity contribution >= 4 is 64.6 Å². The number of aromatic hydroxyl groups is 6. The van der Waals surface area contributed by atoms with Gasteiger partial charge >= 0.3 is 0 Å². The Bertz CT molecular complexity index is 4580. The molecule has 0 saturated carbocycles. The van der Waals surface area contributed by atoms with Crippen LogP contribution in [-0.2, 0) is 40.1 Å². The molecule has 15 bridgehead atoms. The van der Waals surface area contributed by atoms with E-state index in [1.807, 2.05) is 0 Å². The molecule has 7 amide bonds. The van der Waals surface area contributed by atoms with Crippen molar-refractivity contribution in [3.8, 4) is 80.1 Å². The Balaban J connectivity index is 1.08. The Morgan fingerprint density at radius 3 is 1.68 bits per heavy atom. The van der Waals surface area contributed by atoms with E-state index in [-0.39, 0.29) is 67.4 Å². The lowest BCUT2D eigenvalue weighted by Crippen LogP contribution is -2.56. The molecule has 13 rings (SSSR count). The van der Waals surface area contributed by atoms with E-state index in [9.17, 15) is 55.5 Å². The van der Waals surface area contributed by atoms with Crippen LogP contribution in [0.5, 0.6) is 69.0 Å². The first-order valence-electron chi connectivity index (χ1n) is 35.0. The van der Waals surface area contributed by atoms with Crippen LogP contribution in [0.3, 0.4) is 0 Å². The molecule has 566 valence electrons. The van der Waals surface area contributed by atoms with E-state index in [0.29, 0.717) is 13.0 Å². The Morgan fingerprint density at radius 2 is 1.06 bits per heavy atom. The predicted octanol–water partition coefficient (Wildman–Crippen LogP) is 7.20. The van der Waals surface area contributed by atoms with Gasteiger partial charge in [-0.2, -0.15) is 0 Å². The van der Waals surface area contributed by atoms with E-state index in [1.54, 1.807) is 0 Å². The first-order valence-corrected chi connectivity index (χ1v) is 35.8. The van der Waals surface area contributed by atoms with Crippen molar-refractivity contribution in [1.82, 2.24) is 42.5 Å². The van der Waals surface area contributed by atoms with Crippen LogP contribution in [0.2, 0.25) is 10.0 Å². The Morgan fingerprint density at radius 1 is 0.505 bits per heavy atom. The number of fused-ring (bicyclic) bond motifs is 13. The number of ether oxygens (including phenoxy) is 3. The fourth-order valence-corrected chi connectivity index (χ4v) is 14.0. The summed E-state index contributed by atoms with van der Waals surface area (Å²) in [5.74, 6) is -15.3. The van der Waals surface area contributed by atoms with E-state index in [2.05, 4.69) is 63.6 Å². The number of quaternary nitrogens is 1. The molecule has 31 heteroatoms. The molecule has 19 N–H and O–H groups in total. The van der Waals surface area contributed by atoms with Gasteiger partial charge in [0.15, 0.2) is 23.0 Å². The van der Waals surface area contributed by atoms with Gasteiger partial charge in [-0.3, -0.25) is 33.6 Å². The number of rotatable bonds is 18. The number of hydrogen-bond acceptors (Lipinski definition) is 21. The zero-order valence-corrected chi connectivity index (χ0v) is 60.1. The normalized spacial score (nSPS) is 20.8. The number of halogens is 2. The lowest BCUT2D eigenvalue weighted by atomic mass is 9.85. The van der Waals surface area contributed by atoms with E-state index in [1.165, 1.54) is 80.6 Å². The molecule has 7 aromatic rings. The second-order valence-electron chi connectivity index (χ2n) is 27.5. The van der Waals surface area contributed by atoms with E-state index in [0.717, 1.165) is 97.5 Å². The van der Waals surface area contributed by atoms with Crippen LogP contribution < -0.4 is 62.5 Å². The van der Waals surface area contributed by atoms with Crippen molar-refractivity contribution in [3.05, 3.63) is 164 Å². The molecule has 29 nitrogen and oxygen atoms in total. The number of phenolic OH excluding ortho intramolecular Hbond substituents is 6. The number of hydrogen-bond donors (Lipinski definition) is 18. The van der Waals surface area contributed by atoms with E-state index < -0.39 is 183 Å². The molecule has 7 aromatic carbocycles. The fraction of sp³-hybridized carbons (Fsp3) is 0.355. The molecule has 0 spiro atoms. The van der Waals surface area contributed by atoms with Gasteiger partial charge in [0.25, 0.3) is 0 Å². The number of nitrogens with two attached hydrogens (primary N) is 1. The SMILES string of the molecule is CCCCCCCCCC[N+](C)(C)CCCNCc1c(O)cc2c(c1O)-c1c(O)cccc1C1NC(=O)C3NC(=O)C4NC(=O)C(NC(=O)C(N)c5ccc(O)c(c5)Oc5cc(O)cc4c5)C(O)c4ccc(c(Cl)c4)Oc4cc3cc(c4O)Oc3ccc(cc3Cl)C(O)C(NC1=O)C(=O)NC2C(=O)NCCO. The van der Waals surface area contributed by atoms with Crippen molar-refractivity contribution in [2.24, 2.45) is 5.73 Å². The van der Waals surface area contributed by atoms with Gasteiger partial charge in [-0.05, 0) is 125 Å². The molecular formula is C76H85Cl2N10O19+. The van der Waals surface area contributed by atoms with Gasteiger partial charge in [0.2, 0.25) is 47.1 Å². The minimum atomic E-state index is -2.29. The van der Waals surface area contributed by atoms with Crippen LogP contribution in [0.25, 0.3) is 11.1 Å². The Hall–Kier alpha value is -10.6. The number of phenols is 6. The van der Waals surface area contributed by atoms with Crippen LogP contribution in [0.15, 0.2) is 109 Å². The number of amides is 7. The summed E-state index contributed by atoms with van der Waals surface area (Å²) in [6.07, 6.45) is 5.81. The minimum absolute atomic E-state index is 0.0327. The van der Waals surface area contributed by atoms with Gasteiger partial charge < -0.3 is 113 Å². The van der Waals surface area contributed by atoms with E-state index >= 15 is 24.0 Å². The quantitative estimate of drug-likeness (QED) is 0.0298. The summed E-state index contributed by atoms with van der Waals surface area (Å²) < 4.78 is 19.3. The lowest BCUT2D eigenvalue weighted by Gasteiger charge is -2.31. The molecule has 6 heterocycles. The third-order valence-electron chi connectivity index (χ3n) is 19.3. The molecule has 0 aliphatic carbocycles. The van der Waals surface area contributed by atoms with Crippen molar-refractivity contribution in [2.45, 2.75) is 126 Å². The highest BCUT2D eigenvalue weighted by atomic mass is 35.5. The first-order chi connectivity index (χ1) is 51.1. The lowest BCUT2D eigenvalue weighted by molar-refractivity contribution is -0.890. The zero-order valence-electron chi connectivity index (χ0n) is 58.6. The number of unbranched alkanes of at least 4 members (excludes halogenated alkanes) is 7. The number of carbonyl (C=O) groups is 7. The molecular weight excluding hydrogens is 1430 g/mol. The standard InChI is InChI=1S/C76H84Cl2N10O19/c1-4-5-6-7-8-9-10-11-24-88(2,3)25-13-22-80-36-46-51(93)35-45-58(68(46)96)57-44(14-12-15-50(57)92)62-74(102)87-65(76(104)85-63(45)71(99)81-23-26-89)67(95)39-18-21-53(48(78)30-39)107-56-33-41-32-55(69(56)97)106-52-20-17-38(29-47(52)77)66(94)64-75(103)83-60(72(100)82-61(41)73(101)84-62)40-27-42(90)34-43(28-40)105-54-31-37(16-19-49(54)91)59(79)70(98)86-64/h12,14-21,27-35,59-67,80,89,94-95H,4-11,13,22-26,36,79H2,1-3H3,(H12-,81,82,83,84,85,86,87,90,91,92,93,96,97,98,99,100,101,102,103,104)/p+1. The van der Waals surface area contributed by atoms with Gasteiger partial charge in [-0.1, -0.05) is 99.0 Å². The third kappa shape index (κ3) is 17.4. The number of aliphatic hydroxyl groups is 3. The third-order valence-corrected chi connectivity index (χ3v) is 19.9. The van der Waals surface area contributed by atoms with Crippen molar-refractivity contribution in [2.75, 3.05) is 46.9 Å². The highest BCUT2D eigenvalue weighted by Crippen LogP contribution is 2.51. The highest BCUT2D eigenvalue weighted by molar-refractivity contribution is 6.32. The average molecular weight is 1510 g/mol. The van der Waals surface area contributed by atoms with Crippen molar-refractivity contribution in [1.29, 1.82) is 0 Å². The van der Waals surface area contributed by atoms with E-state index in [4.69, 9.17) is 43.1 Å². The fourth-order valence-electron chi connectivity index (χ4n) is 13.5. The maximum atomic E-state index is 16.3. The first kappa shape index (κ1) is 77.5. The Kier molecular flexibility index (Phi) is 24.2. The molecule has 0 fully saturated rings. The largest absolute Gasteiger partial charge is 0.508 e. The molecule has 0 aromatic heterocycles. The summed E-state index contributed by atoms with van der Waals surface area (Å²) in [5, 5.41) is 127. The maximum Gasteiger partial charge on any atom is 0.248 e. The van der Waals surface area contributed by atoms with Crippen molar-refractivity contribution < 1.29 is 98.2 Å². The second-order valence-corrected chi connectivity index (χ2v) is 28.3. The van der Waals surface area contributed by atoms with Crippen molar-refractivity contribution in [3.63, 3.8) is 0 Å². The topological polar surface area (TPSA) is 452 Å². The smallest absolute Gasteiger partial charge is 0.248 e. The molecule has 0 radical (unpaired) electrons. The molecule has 9 atom stereocenters. The summed E-state index contributed by atoms with van der Waals surface area (Å²) in [5.41, 5.74) is 3.40. The van der Waals surface area contributed by atoms with Crippen LogP contribution in [-0.4, -0.2) is 151 Å². The summed E-state index contributed by atoms with van der Waals surface area (Å²) >= 11 is 13.9. The predicted molar refractivity (Wildman–Crippen MR) is 389 cm³/mol. The van der Waals surface area contributed by atoms with Gasteiger partial charge in [0, 0.05) is 43.2 Å². The van der Waals surface area contributed by atoms with Crippen LogP contribution >= 0.6 is 23.2 Å². The minimum Gasteiger partial charge on any atom is -0.508 e. The number of benzene rings is 7. The van der Waals surface area contributed by atoms with Gasteiger partial charge in [-0.15, -0.1) is 0 Å². The van der Waals surface area contributed by atoms with Crippen LogP contribution in [0, 0.1) is 0 Å². The summed E-state index contributed by atoms with van der Waals surface area (Å²) in [7, 11) is 4.28. The van der Waals surface area contributed by atoms with Gasteiger partial charge in [-0.25, -0.2) is 0 Å². The number of carbonyl (C=O) groups excluding carboxylic acids is 7.